The Morgan fingerprint density at radius 3 is 2.87 bits per heavy atom. The molecule has 4 nitrogen and oxygen atoms in total. The molecule has 1 aliphatic rings. The molecule has 1 aromatic carbocycles. The van der Waals surface area contributed by atoms with Crippen LogP contribution in [0.4, 0.5) is 0 Å². The monoisotopic (exact) mass is 306 g/mol. The van der Waals surface area contributed by atoms with E-state index in [1.807, 2.05) is 12.3 Å². The van der Waals surface area contributed by atoms with Gasteiger partial charge in [0.1, 0.15) is 11.3 Å². The van der Waals surface area contributed by atoms with E-state index in [1.54, 1.807) is 0 Å². The molecule has 0 aliphatic carbocycles. The zero-order chi connectivity index (χ0) is 15.6. The number of fused-ring (bicyclic) bond motifs is 1. The van der Waals surface area contributed by atoms with Gasteiger partial charge in [-0.25, -0.2) is 9.97 Å². The van der Waals surface area contributed by atoms with Crippen LogP contribution in [0.5, 0.6) is 0 Å². The van der Waals surface area contributed by atoms with Gasteiger partial charge in [-0.2, -0.15) is 0 Å². The Labute approximate surface area is 136 Å². The first-order valence-electron chi connectivity index (χ1n) is 8.39. The molecule has 4 rings (SSSR count). The third-order valence-corrected chi connectivity index (χ3v) is 4.66. The molecule has 0 radical (unpaired) electrons. The van der Waals surface area contributed by atoms with Gasteiger partial charge in [-0.3, -0.25) is 0 Å². The summed E-state index contributed by atoms with van der Waals surface area (Å²) in [6, 6.07) is 12.7. The Kier molecular flexibility index (Phi) is 3.83. The van der Waals surface area contributed by atoms with Crippen molar-refractivity contribution >= 4 is 11.2 Å². The van der Waals surface area contributed by atoms with Crippen molar-refractivity contribution in [2.45, 2.75) is 32.2 Å². The summed E-state index contributed by atoms with van der Waals surface area (Å²) in [5.41, 5.74) is 4.62. The van der Waals surface area contributed by atoms with Gasteiger partial charge in [-0.1, -0.05) is 29.8 Å². The Balaban J connectivity index is 1.79. The molecule has 0 bridgehead atoms. The maximum atomic E-state index is 4.93. The molecule has 4 heteroatoms. The van der Waals surface area contributed by atoms with E-state index in [1.165, 1.54) is 17.0 Å². The quantitative estimate of drug-likeness (QED) is 0.807. The number of rotatable bonds is 3. The number of hydrogen-bond donors (Lipinski definition) is 1. The van der Waals surface area contributed by atoms with Crippen LogP contribution in [0.25, 0.3) is 11.2 Å². The summed E-state index contributed by atoms with van der Waals surface area (Å²) < 4.78 is 2.32. The number of piperidine rings is 1. The summed E-state index contributed by atoms with van der Waals surface area (Å²) >= 11 is 0. The van der Waals surface area contributed by atoms with Gasteiger partial charge in [-0.15, -0.1) is 0 Å². The summed E-state index contributed by atoms with van der Waals surface area (Å²) in [5, 5.41) is 3.44. The highest BCUT2D eigenvalue weighted by Crippen LogP contribution is 2.28. The van der Waals surface area contributed by atoms with Crippen molar-refractivity contribution in [3.8, 4) is 0 Å². The standard InChI is InChI=1S/C19H22N4/c1-14-4-2-5-15(12-14)13-23-18(16-7-10-20-11-8-16)22-17-6-3-9-21-19(17)23/h2-6,9,12,16,20H,7-8,10-11,13H2,1H3. The first-order valence-corrected chi connectivity index (χ1v) is 8.39. The zero-order valence-electron chi connectivity index (χ0n) is 13.5. The van der Waals surface area contributed by atoms with Crippen molar-refractivity contribution in [3.05, 3.63) is 59.5 Å². The minimum Gasteiger partial charge on any atom is -0.317 e. The normalized spacial score (nSPS) is 16.0. The van der Waals surface area contributed by atoms with Crippen molar-refractivity contribution in [1.29, 1.82) is 0 Å². The van der Waals surface area contributed by atoms with Crippen LogP contribution in [0.2, 0.25) is 0 Å². The first kappa shape index (κ1) is 14.4. The lowest BCUT2D eigenvalue weighted by molar-refractivity contribution is 0.435. The summed E-state index contributed by atoms with van der Waals surface area (Å²) in [7, 11) is 0. The number of benzene rings is 1. The Bertz CT molecular complexity index is 815. The van der Waals surface area contributed by atoms with Gasteiger partial charge in [0, 0.05) is 12.1 Å². The zero-order valence-corrected chi connectivity index (χ0v) is 13.5. The van der Waals surface area contributed by atoms with Gasteiger partial charge < -0.3 is 9.88 Å². The molecule has 1 aliphatic heterocycles. The molecule has 0 spiro atoms. The molecule has 0 saturated carbocycles. The maximum absolute atomic E-state index is 4.93. The molecular weight excluding hydrogens is 284 g/mol. The molecule has 0 amide bonds. The number of nitrogens with zero attached hydrogens (tertiary/aromatic N) is 3. The van der Waals surface area contributed by atoms with Crippen molar-refractivity contribution in [3.63, 3.8) is 0 Å². The molecule has 3 heterocycles. The average molecular weight is 306 g/mol. The number of aromatic nitrogens is 3. The molecule has 3 aromatic rings. The van der Waals surface area contributed by atoms with Crippen molar-refractivity contribution in [2.75, 3.05) is 13.1 Å². The van der Waals surface area contributed by atoms with Gasteiger partial charge >= 0.3 is 0 Å². The molecule has 23 heavy (non-hydrogen) atoms. The summed E-state index contributed by atoms with van der Waals surface area (Å²) in [4.78, 5) is 9.53. The number of imidazole rings is 1. The second kappa shape index (κ2) is 6.13. The predicted molar refractivity (Wildman–Crippen MR) is 92.7 cm³/mol. The largest absolute Gasteiger partial charge is 0.317 e. The van der Waals surface area contributed by atoms with E-state index in [9.17, 15) is 0 Å². The fourth-order valence-electron chi connectivity index (χ4n) is 3.52. The SMILES string of the molecule is Cc1cccc(Cn2c(C3CCNCC3)nc3cccnc32)c1. The van der Waals surface area contributed by atoms with Crippen LogP contribution in [0.1, 0.15) is 35.7 Å². The lowest BCUT2D eigenvalue weighted by atomic mass is 9.97. The fraction of sp³-hybridized carbons (Fsp3) is 0.368. The molecule has 1 N–H and O–H groups in total. The second-order valence-electron chi connectivity index (χ2n) is 6.42. The molecule has 118 valence electrons. The van der Waals surface area contributed by atoms with E-state index in [0.29, 0.717) is 5.92 Å². The van der Waals surface area contributed by atoms with Crippen LogP contribution in [0.3, 0.4) is 0 Å². The Hall–Kier alpha value is -2.20. The van der Waals surface area contributed by atoms with Crippen molar-refractivity contribution in [1.82, 2.24) is 19.9 Å². The molecule has 1 fully saturated rings. The highest BCUT2D eigenvalue weighted by molar-refractivity contribution is 5.71. The minimum atomic E-state index is 0.523. The summed E-state index contributed by atoms with van der Waals surface area (Å²) in [6.07, 6.45) is 4.16. The first-order chi connectivity index (χ1) is 11.3. The van der Waals surface area contributed by atoms with Crippen LogP contribution in [-0.2, 0) is 6.54 Å². The van der Waals surface area contributed by atoms with Crippen LogP contribution >= 0.6 is 0 Å². The van der Waals surface area contributed by atoms with Crippen LogP contribution in [-0.4, -0.2) is 27.6 Å². The van der Waals surface area contributed by atoms with E-state index < -0.39 is 0 Å². The smallest absolute Gasteiger partial charge is 0.160 e. The van der Waals surface area contributed by atoms with Crippen molar-refractivity contribution < 1.29 is 0 Å². The number of nitrogens with one attached hydrogen (secondary N) is 1. The van der Waals surface area contributed by atoms with Gasteiger partial charge in [0.2, 0.25) is 0 Å². The highest BCUT2D eigenvalue weighted by Gasteiger charge is 2.22. The van der Waals surface area contributed by atoms with Crippen LogP contribution in [0, 0.1) is 6.92 Å². The van der Waals surface area contributed by atoms with Crippen molar-refractivity contribution in [2.24, 2.45) is 0 Å². The molecule has 2 aromatic heterocycles. The lowest BCUT2D eigenvalue weighted by Gasteiger charge is -2.23. The summed E-state index contributed by atoms with van der Waals surface area (Å²) in [5.74, 6) is 1.72. The van der Waals surface area contributed by atoms with Crippen LogP contribution in [0.15, 0.2) is 42.6 Å². The van der Waals surface area contributed by atoms with E-state index in [0.717, 1.165) is 43.6 Å². The van der Waals surface area contributed by atoms with Gasteiger partial charge in [-0.05, 0) is 50.6 Å². The van der Waals surface area contributed by atoms with Gasteiger partial charge in [0.15, 0.2) is 5.65 Å². The van der Waals surface area contributed by atoms with Gasteiger partial charge in [0.25, 0.3) is 0 Å². The van der Waals surface area contributed by atoms with E-state index in [4.69, 9.17) is 4.98 Å². The average Bonchev–Trinajstić information content (AvgIpc) is 2.95. The molecule has 0 unspecified atom stereocenters. The van der Waals surface area contributed by atoms with E-state index in [-0.39, 0.29) is 0 Å². The molecule has 1 saturated heterocycles. The highest BCUT2D eigenvalue weighted by atomic mass is 15.1. The number of hydrogen-bond acceptors (Lipinski definition) is 3. The molecule has 0 atom stereocenters. The predicted octanol–water partition coefficient (Wildman–Crippen LogP) is 3.26. The number of aryl methyl sites for hydroxylation is 1. The fourth-order valence-corrected chi connectivity index (χ4v) is 3.52. The number of pyridine rings is 1. The van der Waals surface area contributed by atoms with Gasteiger partial charge in [0.05, 0.1) is 6.54 Å². The molecular formula is C19H22N4. The third kappa shape index (κ3) is 2.86. The van der Waals surface area contributed by atoms with Crippen LogP contribution < -0.4 is 5.32 Å². The maximum Gasteiger partial charge on any atom is 0.160 e. The second-order valence-corrected chi connectivity index (χ2v) is 6.42. The van der Waals surface area contributed by atoms with E-state index >= 15 is 0 Å². The minimum absolute atomic E-state index is 0.523. The lowest BCUT2D eigenvalue weighted by Crippen LogP contribution is -2.28. The Morgan fingerprint density at radius 2 is 2.04 bits per heavy atom. The summed E-state index contributed by atoms with van der Waals surface area (Å²) in [6.45, 7) is 5.13. The van der Waals surface area contributed by atoms with E-state index in [2.05, 4.69) is 52.1 Å². The Morgan fingerprint density at radius 1 is 1.17 bits per heavy atom. The topological polar surface area (TPSA) is 42.7 Å². The third-order valence-electron chi connectivity index (χ3n) is 4.66.